The van der Waals surface area contributed by atoms with Crippen LogP contribution in [0.1, 0.15) is 33.0 Å². The molecule has 37 heavy (non-hydrogen) atoms. The SMILES string of the molecule is Cc1cc(NCCC(=O)c2ccccc2)ccc1-c1nc2nc(C(N)=O)ncc2cc1-c1ccccc1. The largest absolute Gasteiger partial charge is 0.385 e. The third-order valence-corrected chi connectivity index (χ3v) is 6.13. The van der Waals surface area contributed by atoms with Gasteiger partial charge in [-0.25, -0.2) is 15.0 Å². The lowest BCUT2D eigenvalue weighted by molar-refractivity contribution is 0.0980. The first kappa shape index (κ1) is 23.8. The van der Waals surface area contributed by atoms with Crippen molar-refractivity contribution in [3.05, 3.63) is 108 Å². The van der Waals surface area contributed by atoms with Crippen molar-refractivity contribution in [3.63, 3.8) is 0 Å². The van der Waals surface area contributed by atoms with Crippen LogP contribution in [0.4, 0.5) is 5.69 Å². The summed E-state index contributed by atoms with van der Waals surface area (Å²) in [7, 11) is 0. The standard InChI is InChI=1S/C30H25N5O2/c1-19-16-23(32-15-14-26(36)21-10-6-3-7-11-21)12-13-24(19)27-25(20-8-4-2-5-9-20)17-22-18-33-30(28(31)37)35-29(22)34-27/h2-13,16-18,32H,14-15H2,1H3,(H2,31,37). The van der Waals surface area contributed by atoms with Crippen molar-refractivity contribution in [3.8, 4) is 22.4 Å². The second-order valence-electron chi connectivity index (χ2n) is 8.72. The van der Waals surface area contributed by atoms with E-state index in [1.54, 1.807) is 6.20 Å². The molecule has 182 valence electrons. The number of carbonyl (C=O) groups is 2. The summed E-state index contributed by atoms with van der Waals surface area (Å²) in [6, 6.07) is 27.3. The Bertz CT molecular complexity index is 1600. The van der Waals surface area contributed by atoms with E-state index in [0.717, 1.165) is 39.2 Å². The number of anilines is 1. The Morgan fingerprint density at radius 1 is 0.865 bits per heavy atom. The van der Waals surface area contributed by atoms with Crippen LogP contribution in [0.2, 0.25) is 0 Å². The van der Waals surface area contributed by atoms with Crippen molar-refractivity contribution >= 4 is 28.4 Å². The molecule has 0 bridgehead atoms. The zero-order chi connectivity index (χ0) is 25.8. The Hall–Kier alpha value is -4.91. The van der Waals surface area contributed by atoms with Crippen LogP contribution >= 0.6 is 0 Å². The maximum atomic E-state index is 12.4. The number of nitrogens with one attached hydrogen (secondary N) is 1. The van der Waals surface area contributed by atoms with Gasteiger partial charge in [0.2, 0.25) is 5.82 Å². The minimum atomic E-state index is -0.699. The van der Waals surface area contributed by atoms with Gasteiger partial charge < -0.3 is 11.1 Å². The number of Topliss-reactive ketones (excluding diaryl/α,β-unsaturated/α-hetero) is 1. The van der Waals surface area contributed by atoms with E-state index in [0.29, 0.717) is 24.0 Å². The van der Waals surface area contributed by atoms with Crippen molar-refractivity contribution in [2.75, 3.05) is 11.9 Å². The van der Waals surface area contributed by atoms with E-state index in [9.17, 15) is 9.59 Å². The molecule has 0 aliphatic carbocycles. The Morgan fingerprint density at radius 2 is 1.59 bits per heavy atom. The minimum absolute atomic E-state index is 0.0697. The molecule has 3 aromatic carbocycles. The first-order chi connectivity index (χ1) is 18.0. The van der Waals surface area contributed by atoms with Crippen molar-refractivity contribution in [1.82, 2.24) is 15.0 Å². The van der Waals surface area contributed by atoms with Gasteiger partial charge in [0.05, 0.1) is 5.69 Å². The molecule has 2 heterocycles. The van der Waals surface area contributed by atoms with Crippen LogP contribution in [0.15, 0.2) is 91.1 Å². The van der Waals surface area contributed by atoms with Crippen LogP contribution < -0.4 is 11.1 Å². The second kappa shape index (κ2) is 10.4. The molecule has 0 unspecified atom stereocenters. The Labute approximate surface area is 214 Å². The number of aryl methyl sites for hydroxylation is 1. The topological polar surface area (TPSA) is 111 Å². The van der Waals surface area contributed by atoms with Gasteiger partial charge in [0, 0.05) is 46.9 Å². The summed E-state index contributed by atoms with van der Waals surface area (Å²) >= 11 is 0. The Morgan fingerprint density at radius 3 is 2.30 bits per heavy atom. The lowest BCUT2D eigenvalue weighted by atomic mass is 9.95. The molecule has 0 fully saturated rings. The Balaban J connectivity index is 1.46. The highest BCUT2D eigenvalue weighted by atomic mass is 16.1. The van der Waals surface area contributed by atoms with Gasteiger partial charge in [-0.05, 0) is 36.2 Å². The third kappa shape index (κ3) is 5.21. The average molecular weight is 488 g/mol. The highest BCUT2D eigenvalue weighted by Gasteiger charge is 2.16. The number of aromatic nitrogens is 3. The molecule has 7 heteroatoms. The smallest absolute Gasteiger partial charge is 0.286 e. The number of rotatable bonds is 8. The van der Waals surface area contributed by atoms with E-state index in [1.807, 2.05) is 91.9 Å². The maximum absolute atomic E-state index is 12.4. The molecule has 5 rings (SSSR count). The fraction of sp³-hybridized carbons (Fsp3) is 0.100. The van der Waals surface area contributed by atoms with Crippen LogP contribution in [-0.2, 0) is 0 Å². The number of amides is 1. The van der Waals surface area contributed by atoms with E-state index in [4.69, 9.17) is 10.7 Å². The van der Waals surface area contributed by atoms with Gasteiger partial charge >= 0.3 is 0 Å². The first-order valence-electron chi connectivity index (χ1n) is 12.0. The molecule has 0 aliphatic rings. The minimum Gasteiger partial charge on any atom is -0.385 e. The summed E-state index contributed by atoms with van der Waals surface area (Å²) in [5, 5.41) is 4.06. The second-order valence-corrected chi connectivity index (χ2v) is 8.72. The number of pyridine rings is 1. The van der Waals surface area contributed by atoms with Gasteiger partial charge in [-0.3, -0.25) is 9.59 Å². The predicted octanol–water partition coefficient (Wildman–Crippen LogP) is 5.45. The van der Waals surface area contributed by atoms with Gasteiger partial charge in [0.25, 0.3) is 5.91 Å². The molecule has 5 aromatic rings. The van der Waals surface area contributed by atoms with Crippen molar-refractivity contribution < 1.29 is 9.59 Å². The molecule has 1 amide bonds. The molecular formula is C30H25N5O2. The van der Waals surface area contributed by atoms with E-state index < -0.39 is 5.91 Å². The zero-order valence-corrected chi connectivity index (χ0v) is 20.3. The summed E-state index contributed by atoms with van der Waals surface area (Å²) in [6.07, 6.45) is 1.97. The van der Waals surface area contributed by atoms with Crippen LogP contribution in [0.25, 0.3) is 33.4 Å². The van der Waals surface area contributed by atoms with Gasteiger partial charge in [-0.2, -0.15) is 0 Å². The lowest BCUT2D eigenvalue weighted by Gasteiger charge is -2.15. The summed E-state index contributed by atoms with van der Waals surface area (Å²) in [5.74, 6) is -0.666. The Kier molecular flexibility index (Phi) is 6.68. The molecule has 0 atom stereocenters. The summed E-state index contributed by atoms with van der Waals surface area (Å²) in [4.78, 5) is 37.2. The zero-order valence-electron chi connectivity index (χ0n) is 20.3. The molecule has 2 aromatic heterocycles. The third-order valence-electron chi connectivity index (χ3n) is 6.13. The summed E-state index contributed by atoms with van der Waals surface area (Å²) in [5.41, 5.74) is 12.1. The van der Waals surface area contributed by atoms with Gasteiger partial charge in [-0.1, -0.05) is 66.7 Å². The number of benzene rings is 3. The van der Waals surface area contributed by atoms with Crippen LogP contribution in [0.3, 0.4) is 0 Å². The average Bonchev–Trinajstić information content (AvgIpc) is 2.93. The highest BCUT2D eigenvalue weighted by molar-refractivity contribution is 5.96. The number of carbonyl (C=O) groups excluding carboxylic acids is 2. The number of primary amides is 1. The van der Waals surface area contributed by atoms with E-state index in [-0.39, 0.29) is 11.6 Å². The molecule has 0 saturated heterocycles. The number of hydrogen-bond donors (Lipinski definition) is 2. The van der Waals surface area contributed by atoms with Gasteiger partial charge in [0.1, 0.15) is 0 Å². The fourth-order valence-corrected chi connectivity index (χ4v) is 4.25. The predicted molar refractivity (Wildman–Crippen MR) is 145 cm³/mol. The highest BCUT2D eigenvalue weighted by Crippen LogP contribution is 2.35. The van der Waals surface area contributed by atoms with E-state index >= 15 is 0 Å². The lowest BCUT2D eigenvalue weighted by Crippen LogP contribution is -2.15. The summed E-state index contributed by atoms with van der Waals surface area (Å²) in [6.45, 7) is 2.55. The number of fused-ring (bicyclic) bond motifs is 1. The monoisotopic (exact) mass is 487 g/mol. The fourth-order valence-electron chi connectivity index (χ4n) is 4.25. The van der Waals surface area contributed by atoms with Crippen LogP contribution in [-0.4, -0.2) is 33.2 Å². The van der Waals surface area contributed by atoms with Crippen molar-refractivity contribution in [1.29, 1.82) is 0 Å². The summed E-state index contributed by atoms with van der Waals surface area (Å²) < 4.78 is 0. The number of nitrogens with zero attached hydrogens (tertiary/aromatic N) is 3. The first-order valence-corrected chi connectivity index (χ1v) is 12.0. The molecule has 0 spiro atoms. The van der Waals surface area contributed by atoms with Crippen LogP contribution in [0, 0.1) is 6.92 Å². The normalized spacial score (nSPS) is 10.8. The maximum Gasteiger partial charge on any atom is 0.286 e. The number of nitrogens with two attached hydrogens (primary N) is 1. The molecule has 0 radical (unpaired) electrons. The van der Waals surface area contributed by atoms with Crippen molar-refractivity contribution in [2.24, 2.45) is 5.73 Å². The van der Waals surface area contributed by atoms with Crippen LogP contribution in [0.5, 0.6) is 0 Å². The van der Waals surface area contributed by atoms with Crippen molar-refractivity contribution in [2.45, 2.75) is 13.3 Å². The molecule has 0 saturated carbocycles. The molecule has 3 N–H and O–H groups in total. The molecule has 7 nitrogen and oxygen atoms in total. The number of hydrogen-bond acceptors (Lipinski definition) is 6. The van der Waals surface area contributed by atoms with E-state index in [1.165, 1.54) is 0 Å². The quantitative estimate of drug-likeness (QED) is 0.282. The van der Waals surface area contributed by atoms with Gasteiger partial charge in [-0.15, -0.1) is 0 Å². The number of ketones is 1. The van der Waals surface area contributed by atoms with E-state index in [2.05, 4.69) is 15.3 Å². The van der Waals surface area contributed by atoms with Gasteiger partial charge in [0.15, 0.2) is 11.4 Å². The molecular weight excluding hydrogens is 462 g/mol. The molecule has 0 aliphatic heterocycles.